The molecule has 1 aromatic heterocycles. The maximum atomic E-state index is 10.9. The van der Waals surface area contributed by atoms with Crippen LogP contribution in [0.2, 0.25) is 0 Å². The van der Waals surface area contributed by atoms with Crippen molar-refractivity contribution >= 4 is 17.3 Å². The average molecular weight is 172 g/mol. The molecular formula is C7H8O3S. The molecule has 0 bridgehead atoms. The molecule has 0 atom stereocenters. The Morgan fingerprint density at radius 3 is 2.73 bits per heavy atom. The number of ether oxygens (including phenoxy) is 1. The first kappa shape index (κ1) is 8.07. The van der Waals surface area contributed by atoms with Crippen molar-refractivity contribution in [2.45, 2.75) is 6.92 Å². The molecule has 3 nitrogen and oxygen atoms in total. The van der Waals surface area contributed by atoms with Crippen LogP contribution < -0.4 is 0 Å². The third-order valence-electron chi connectivity index (χ3n) is 1.35. The molecule has 0 aliphatic rings. The van der Waals surface area contributed by atoms with E-state index in [9.17, 15) is 9.90 Å². The summed E-state index contributed by atoms with van der Waals surface area (Å²) in [4.78, 5) is 11.6. The van der Waals surface area contributed by atoms with Crippen molar-refractivity contribution in [3.8, 4) is 5.75 Å². The summed E-state index contributed by atoms with van der Waals surface area (Å²) in [5.41, 5.74) is 0.245. The first-order chi connectivity index (χ1) is 5.16. The van der Waals surface area contributed by atoms with E-state index in [4.69, 9.17) is 0 Å². The highest BCUT2D eigenvalue weighted by atomic mass is 32.1. The van der Waals surface area contributed by atoms with Crippen LogP contribution in [0.3, 0.4) is 0 Å². The van der Waals surface area contributed by atoms with Crippen LogP contribution in [0.4, 0.5) is 0 Å². The molecule has 60 valence electrons. The summed E-state index contributed by atoms with van der Waals surface area (Å²) in [5.74, 6) is -0.464. The van der Waals surface area contributed by atoms with Gasteiger partial charge in [-0.3, -0.25) is 0 Å². The monoisotopic (exact) mass is 172 g/mol. The van der Waals surface area contributed by atoms with Gasteiger partial charge in [-0.2, -0.15) is 0 Å². The minimum absolute atomic E-state index is 0.0295. The highest BCUT2D eigenvalue weighted by Gasteiger charge is 2.14. The molecule has 11 heavy (non-hydrogen) atoms. The summed E-state index contributed by atoms with van der Waals surface area (Å²) in [6.07, 6.45) is 0. The quantitative estimate of drug-likeness (QED) is 0.654. The Bertz CT molecular complexity index is 277. The second-order valence-electron chi connectivity index (χ2n) is 2.05. The van der Waals surface area contributed by atoms with E-state index >= 15 is 0 Å². The molecule has 1 N–H and O–H groups in total. The molecule has 1 rings (SSSR count). The van der Waals surface area contributed by atoms with Gasteiger partial charge < -0.3 is 9.84 Å². The predicted octanol–water partition coefficient (Wildman–Crippen LogP) is 1.55. The lowest BCUT2D eigenvalue weighted by Crippen LogP contribution is -1.98. The number of hydrogen-bond acceptors (Lipinski definition) is 4. The molecule has 0 spiro atoms. The predicted molar refractivity (Wildman–Crippen MR) is 42.1 cm³/mol. The Kier molecular flexibility index (Phi) is 2.14. The van der Waals surface area contributed by atoms with Crippen molar-refractivity contribution in [3.63, 3.8) is 0 Å². The number of hydrogen-bond donors (Lipinski definition) is 1. The lowest BCUT2D eigenvalue weighted by Gasteiger charge is -1.95. The smallest absolute Gasteiger partial charge is 0.342 e. The van der Waals surface area contributed by atoms with Gasteiger partial charge in [-0.15, -0.1) is 11.3 Å². The van der Waals surface area contributed by atoms with Gasteiger partial charge in [-0.1, -0.05) is 0 Å². The van der Waals surface area contributed by atoms with Gasteiger partial charge in [-0.25, -0.2) is 4.79 Å². The zero-order valence-corrected chi connectivity index (χ0v) is 7.07. The van der Waals surface area contributed by atoms with Crippen LogP contribution in [0.1, 0.15) is 15.2 Å². The van der Waals surface area contributed by atoms with E-state index in [2.05, 4.69) is 4.74 Å². The number of thiophene rings is 1. The van der Waals surface area contributed by atoms with Crippen LogP contribution in [0.5, 0.6) is 5.75 Å². The number of esters is 1. The fourth-order valence-corrected chi connectivity index (χ4v) is 1.43. The van der Waals surface area contributed by atoms with Gasteiger partial charge in [0.1, 0.15) is 11.3 Å². The lowest BCUT2D eigenvalue weighted by molar-refractivity contribution is 0.0598. The maximum absolute atomic E-state index is 10.9. The number of carbonyl (C=O) groups excluding carboxylic acids is 1. The van der Waals surface area contributed by atoms with Gasteiger partial charge in [-0.05, 0) is 6.92 Å². The van der Waals surface area contributed by atoms with Crippen molar-refractivity contribution in [3.05, 3.63) is 15.8 Å². The number of aromatic hydroxyl groups is 1. The van der Waals surface area contributed by atoms with Crippen molar-refractivity contribution in [2.24, 2.45) is 0 Å². The van der Waals surface area contributed by atoms with Gasteiger partial charge in [0.15, 0.2) is 0 Å². The Morgan fingerprint density at radius 2 is 2.36 bits per heavy atom. The molecule has 4 heteroatoms. The molecule has 0 radical (unpaired) electrons. The Labute approximate surface area is 68.2 Å². The van der Waals surface area contributed by atoms with E-state index in [0.717, 1.165) is 4.88 Å². The molecule has 0 aliphatic carbocycles. The van der Waals surface area contributed by atoms with Crippen LogP contribution in [0, 0.1) is 6.92 Å². The summed E-state index contributed by atoms with van der Waals surface area (Å²) in [6.45, 7) is 1.74. The SMILES string of the molecule is COC(=O)c1csc(C)c1O. The highest BCUT2D eigenvalue weighted by molar-refractivity contribution is 7.10. The van der Waals surface area contributed by atoms with Gasteiger partial charge in [0.2, 0.25) is 0 Å². The average Bonchev–Trinajstić information content (AvgIpc) is 2.32. The van der Waals surface area contributed by atoms with Gasteiger partial charge in [0.25, 0.3) is 0 Å². The van der Waals surface area contributed by atoms with E-state index < -0.39 is 5.97 Å². The standard InChI is InChI=1S/C7H8O3S/c1-4-6(8)5(3-11-4)7(9)10-2/h3,8H,1-2H3. The molecule has 1 aromatic rings. The minimum Gasteiger partial charge on any atom is -0.506 e. The van der Waals surface area contributed by atoms with Gasteiger partial charge in [0.05, 0.1) is 7.11 Å². The minimum atomic E-state index is -0.494. The lowest BCUT2D eigenvalue weighted by atomic mass is 10.3. The third-order valence-corrected chi connectivity index (χ3v) is 2.25. The molecule has 0 saturated heterocycles. The van der Waals surface area contributed by atoms with Crippen LogP contribution in [-0.4, -0.2) is 18.2 Å². The Hall–Kier alpha value is -1.03. The van der Waals surface area contributed by atoms with Crippen LogP contribution in [0.15, 0.2) is 5.38 Å². The van der Waals surface area contributed by atoms with Gasteiger partial charge in [0, 0.05) is 10.3 Å². The third kappa shape index (κ3) is 1.35. The summed E-state index contributed by atoms with van der Waals surface area (Å²) >= 11 is 1.32. The van der Waals surface area contributed by atoms with Crippen molar-refractivity contribution in [1.82, 2.24) is 0 Å². The molecule has 0 amide bonds. The maximum Gasteiger partial charge on any atom is 0.342 e. The number of aryl methyl sites for hydroxylation is 1. The normalized spacial score (nSPS) is 9.64. The first-order valence-electron chi connectivity index (χ1n) is 3.02. The van der Waals surface area contributed by atoms with E-state index in [1.54, 1.807) is 12.3 Å². The van der Waals surface area contributed by atoms with Crippen LogP contribution in [0.25, 0.3) is 0 Å². The van der Waals surface area contributed by atoms with Crippen molar-refractivity contribution in [1.29, 1.82) is 0 Å². The first-order valence-corrected chi connectivity index (χ1v) is 3.90. The molecule has 0 saturated carbocycles. The van der Waals surface area contributed by atoms with Crippen molar-refractivity contribution in [2.75, 3.05) is 7.11 Å². The topological polar surface area (TPSA) is 46.5 Å². The van der Waals surface area contributed by atoms with Crippen molar-refractivity contribution < 1.29 is 14.6 Å². The zero-order chi connectivity index (χ0) is 8.43. The molecular weight excluding hydrogens is 164 g/mol. The summed E-state index contributed by atoms with van der Waals surface area (Å²) in [7, 11) is 1.29. The van der Waals surface area contributed by atoms with Crippen LogP contribution >= 0.6 is 11.3 Å². The van der Waals surface area contributed by atoms with E-state index in [1.807, 2.05) is 0 Å². The molecule has 0 aromatic carbocycles. The summed E-state index contributed by atoms with van der Waals surface area (Å²) in [6, 6.07) is 0. The Morgan fingerprint density at radius 1 is 1.73 bits per heavy atom. The Balaban J connectivity index is 3.04. The van der Waals surface area contributed by atoms with E-state index in [1.165, 1.54) is 18.4 Å². The number of methoxy groups -OCH3 is 1. The molecule has 0 aliphatic heterocycles. The van der Waals surface area contributed by atoms with E-state index in [0.29, 0.717) is 0 Å². The molecule has 0 unspecified atom stereocenters. The fraction of sp³-hybridized carbons (Fsp3) is 0.286. The van der Waals surface area contributed by atoms with Gasteiger partial charge >= 0.3 is 5.97 Å². The fourth-order valence-electron chi connectivity index (χ4n) is 0.703. The molecule has 1 heterocycles. The summed E-state index contributed by atoms with van der Waals surface area (Å²) < 4.78 is 4.44. The number of carbonyl (C=O) groups is 1. The summed E-state index contributed by atoms with van der Waals surface area (Å²) in [5, 5.41) is 10.8. The zero-order valence-electron chi connectivity index (χ0n) is 6.25. The number of rotatable bonds is 1. The highest BCUT2D eigenvalue weighted by Crippen LogP contribution is 2.28. The second-order valence-corrected chi connectivity index (χ2v) is 3.13. The van der Waals surface area contributed by atoms with Crippen LogP contribution in [-0.2, 0) is 4.74 Å². The second kappa shape index (κ2) is 2.92. The largest absolute Gasteiger partial charge is 0.506 e. The van der Waals surface area contributed by atoms with E-state index in [-0.39, 0.29) is 11.3 Å². The molecule has 0 fully saturated rings.